The maximum absolute atomic E-state index is 11.3. The fourth-order valence-corrected chi connectivity index (χ4v) is 2.66. The highest BCUT2D eigenvalue weighted by molar-refractivity contribution is 6.34. The highest BCUT2D eigenvalue weighted by Gasteiger charge is 2.24. The van der Waals surface area contributed by atoms with E-state index in [-0.39, 0.29) is 11.4 Å². The van der Waals surface area contributed by atoms with Gasteiger partial charge in [0.2, 0.25) is 0 Å². The fourth-order valence-electron chi connectivity index (χ4n) is 2.41. The predicted octanol–water partition coefficient (Wildman–Crippen LogP) is 1.82. The molecule has 1 fully saturated rings. The maximum atomic E-state index is 11.3. The fraction of sp³-hybridized carbons (Fsp3) is 0.417. The topological polar surface area (TPSA) is 114 Å². The van der Waals surface area contributed by atoms with Gasteiger partial charge < -0.3 is 10.7 Å². The quantitative estimate of drug-likeness (QED) is 0.288. The summed E-state index contributed by atoms with van der Waals surface area (Å²) in [5.41, 5.74) is 0.766. The third-order valence-corrected chi connectivity index (χ3v) is 3.71. The van der Waals surface area contributed by atoms with E-state index in [0.29, 0.717) is 10.7 Å². The largest absolute Gasteiger partial charge is 0.366 e. The van der Waals surface area contributed by atoms with Gasteiger partial charge in [0.05, 0.1) is 15.6 Å². The van der Waals surface area contributed by atoms with Crippen LogP contribution in [0.4, 0.5) is 17.1 Å². The van der Waals surface area contributed by atoms with Gasteiger partial charge in [-0.05, 0) is 25.3 Å². The van der Waals surface area contributed by atoms with Crippen molar-refractivity contribution >= 4 is 35.0 Å². The van der Waals surface area contributed by atoms with Crippen LogP contribution in [0.2, 0.25) is 5.02 Å². The Kier molecular flexibility index (Phi) is 4.81. The smallest absolute Gasteiger partial charge is 0.294 e. The number of piperidine rings is 1. The molecule has 0 bridgehead atoms. The summed E-state index contributed by atoms with van der Waals surface area (Å²) in [6, 6.07) is 2.92. The van der Waals surface area contributed by atoms with Gasteiger partial charge in [-0.1, -0.05) is 11.6 Å². The molecule has 0 atom stereocenters. The molecule has 2 rings (SSSR count). The van der Waals surface area contributed by atoms with E-state index in [1.54, 1.807) is 6.07 Å². The Balaban J connectivity index is 2.45. The van der Waals surface area contributed by atoms with Gasteiger partial charge in [-0.15, -0.1) is 0 Å². The third-order valence-electron chi connectivity index (χ3n) is 3.41. The number of benzene rings is 1. The van der Waals surface area contributed by atoms with Gasteiger partial charge in [0.1, 0.15) is 12.0 Å². The lowest BCUT2D eigenvalue weighted by Crippen LogP contribution is -2.31. The number of hydrazine groups is 1. The van der Waals surface area contributed by atoms with Crippen molar-refractivity contribution in [1.29, 1.82) is 0 Å². The Bertz CT molecular complexity index is 559. The van der Waals surface area contributed by atoms with E-state index in [1.165, 1.54) is 6.07 Å². The lowest BCUT2D eigenvalue weighted by atomic mass is 10.1. The summed E-state index contributed by atoms with van der Waals surface area (Å²) in [5.74, 6) is 10.7. The van der Waals surface area contributed by atoms with Gasteiger partial charge in [0, 0.05) is 19.2 Å². The third kappa shape index (κ3) is 3.34. The molecule has 1 aromatic rings. The van der Waals surface area contributed by atoms with Crippen LogP contribution in [0, 0.1) is 10.1 Å². The number of nitro benzene ring substituents is 1. The molecule has 0 amide bonds. The second kappa shape index (κ2) is 6.59. The van der Waals surface area contributed by atoms with Crippen LogP contribution in [0.15, 0.2) is 17.2 Å². The van der Waals surface area contributed by atoms with Crippen LogP contribution in [0.25, 0.3) is 0 Å². The number of nitrogens with two attached hydrogens (primary N) is 2. The summed E-state index contributed by atoms with van der Waals surface area (Å²) in [6.07, 6.45) is 4.30. The molecule has 8 nitrogen and oxygen atoms in total. The minimum absolute atomic E-state index is 0.0304. The number of hydrogen-bond acceptors (Lipinski definition) is 6. The molecular formula is C12H17ClN6O2. The average Bonchev–Trinajstić information content (AvgIpc) is 2.47. The van der Waals surface area contributed by atoms with E-state index in [4.69, 9.17) is 23.3 Å². The van der Waals surface area contributed by atoms with E-state index >= 15 is 0 Å². The lowest BCUT2D eigenvalue weighted by molar-refractivity contribution is -0.384. The van der Waals surface area contributed by atoms with Crippen molar-refractivity contribution in [3.05, 3.63) is 27.3 Å². The van der Waals surface area contributed by atoms with Crippen molar-refractivity contribution in [2.24, 2.45) is 16.8 Å². The average molecular weight is 313 g/mol. The zero-order valence-electron chi connectivity index (χ0n) is 11.4. The summed E-state index contributed by atoms with van der Waals surface area (Å²) in [6.45, 7) is 1.57. The summed E-state index contributed by atoms with van der Waals surface area (Å²) in [5, 5.41) is 16.0. The van der Waals surface area contributed by atoms with E-state index in [9.17, 15) is 10.1 Å². The first-order valence-corrected chi connectivity index (χ1v) is 6.92. The number of rotatable bonds is 4. The van der Waals surface area contributed by atoms with Crippen molar-refractivity contribution in [1.82, 2.24) is 0 Å². The van der Waals surface area contributed by atoms with Crippen LogP contribution in [-0.4, -0.2) is 24.4 Å². The monoisotopic (exact) mass is 312 g/mol. The zero-order chi connectivity index (χ0) is 15.4. The van der Waals surface area contributed by atoms with Crippen molar-refractivity contribution in [2.45, 2.75) is 19.3 Å². The summed E-state index contributed by atoms with van der Waals surface area (Å²) >= 11 is 6.18. The minimum Gasteiger partial charge on any atom is -0.366 e. The molecule has 9 heteroatoms. The van der Waals surface area contributed by atoms with Crippen molar-refractivity contribution < 1.29 is 4.92 Å². The van der Waals surface area contributed by atoms with Crippen molar-refractivity contribution in [3.8, 4) is 0 Å². The number of nitrogens with zero attached hydrogens (tertiary/aromatic N) is 4. The maximum Gasteiger partial charge on any atom is 0.294 e. The molecule has 1 heterocycles. The van der Waals surface area contributed by atoms with Gasteiger partial charge in [-0.25, -0.2) is 5.84 Å². The predicted molar refractivity (Wildman–Crippen MR) is 83.5 cm³/mol. The Morgan fingerprint density at radius 2 is 2.05 bits per heavy atom. The second-order valence-electron chi connectivity index (χ2n) is 4.77. The van der Waals surface area contributed by atoms with Crippen LogP contribution < -0.4 is 21.6 Å². The molecule has 21 heavy (non-hydrogen) atoms. The molecule has 1 aliphatic rings. The minimum atomic E-state index is -0.433. The number of halogens is 1. The molecular weight excluding hydrogens is 296 g/mol. The first kappa shape index (κ1) is 15.3. The summed E-state index contributed by atoms with van der Waals surface area (Å²) in [4.78, 5) is 12.9. The number of nitro groups is 1. The van der Waals surface area contributed by atoms with Crippen LogP contribution in [0.3, 0.4) is 0 Å². The molecule has 0 spiro atoms. The highest BCUT2D eigenvalue weighted by atomic mass is 35.5. The van der Waals surface area contributed by atoms with Crippen molar-refractivity contribution in [3.63, 3.8) is 0 Å². The van der Waals surface area contributed by atoms with Crippen LogP contribution in [0.1, 0.15) is 19.3 Å². The molecule has 1 saturated heterocycles. The van der Waals surface area contributed by atoms with Gasteiger partial charge >= 0.3 is 0 Å². The zero-order valence-corrected chi connectivity index (χ0v) is 12.2. The SMILES string of the molecule is N/N=C\N(N)c1cc([N+](=O)[O-])c(N2CCCCC2)cc1Cl. The number of hydrazone groups is 1. The molecule has 1 aromatic carbocycles. The first-order valence-electron chi connectivity index (χ1n) is 6.54. The first-order chi connectivity index (χ1) is 10.0. The number of anilines is 2. The normalized spacial score (nSPS) is 15.4. The molecule has 114 valence electrons. The van der Waals surface area contributed by atoms with Crippen LogP contribution in [0.5, 0.6) is 0 Å². The molecule has 0 aromatic heterocycles. The van der Waals surface area contributed by atoms with Crippen LogP contribution >= 0.6 is 11.6 Å². The summed E-state index contributed by atoms with van der Waals surface area (Å²) in [7, 11) is 0. The molecule has 1 aliphatic heterocycles. The van der Waals surface area contributed by atoms with E-state index in [2.05, 4.69) is 5.10 Å². The Morgan fingerprint density at radius 3 is 2.62 bits per heavy atom. The molecule has 4 N–H and O–H groups in total. The van der Waals surface area contributed by atoms with Gasteiger partial charge in [-0.3, -0.25) is 15.1 Å². The standard InChI is InChI=1S/C12H17ClN6O2/c13-9-6-11(17-4-2-1-3-5-17)12(19(20)21)7-10(9)18(15)8-16-14/h6-8H,1-5,14-15H2/b16-8-. The van der Waals surface area contributed by atoms with Gasteiger partial charge in [0.15, 0.2) is 0 Å². The van der Waals surface area contributed by atoms with Crippen molar-refractivity contribution in [2.75, 3.05) is 23.0 Å². The van der Waals surface area contributed by atoms with E-state index in [1.807, 2.05) is 4.90 Å². The lowest BCUT2D eigenvalue weighted by Gasteiger charge is -2.29. The highest BCUT2D eigenvalue weighted by Crippen LogP contribution is 2.38. The molecule has 0 radical (unpaired) electrons. The molecule has 0 unspecified atom stereocenters. The Hall–Kier alpha value is -2.06. The Labute approximate surface area is 127 Å². The second-order valence-corrected chi connectivity index (χ2v) is 5.18. The summed E-state index contributed by atoms with van der Waals surface area (Å²) < 4.78 is 0. The van der Waals surface area contributed by atoms with Gasteiger partial charge in [0.25, 0.3) is 5.69 Å². The van der Waals surface area contributed by atoms with Gasteiger partial charge in [-0.2, -0.15) is 5.10 Å². The van der Waals surface area contributed by atoms with E-state index in [0.717, 1.165) is 43.7 Å². The van der Waals surface area contributed by atoms with Crippen LogP contribution in [-0.2, 0) is 0 Å². The Morgan fingerprint density at radius 1 is 1.38 bits per heavy atom. The van der Waals surface area contributed by atoms with E-state index < -0.39 is 4.92 Å². The number of hydrogen-bond donors (Lipinski definition) is 2. The molecule has 0 saturated carbocycles. The molecule has 0 aliphatic carbocycles.